The molecule has 0 aliphatic heterocycles. The summed E-state index contributed by atoms with van der Waals surface area (Å²) >= 11 is 0. The Morgan fingerprint density at radius 1 is 0.833 bits per heavy atom. The number of terminal acetylenes is 2. The van der Waals surface area contributed by atoms with E-state index in [2.05, 4.69) is 23.7 Å². The van der Waals surface area contributed by atoms with Crippen molar-refractivity contribution in [3.63, 3.8) is 0 Å². The van der Waals surface area contributed by atoms with Gasteiger partial charge in [0.1, 0.15) is 17.8 Å². The molecule has 0 aromatic carbocycles. The SMILES string of the molecule is C#CC(C#C)=C(C#CO)C#CO. The summed E-state index contributed by atoms with van der Waals surface area (Å²) in [6.45, 7) is 0. The number of aliphatic hydroxyl groups is 2. The second-order valence-electron chi connectivity index (χ2n) is 1.51. The predicted molar refractivity (Wildman–Crippen MR) is 44.1 cm³/mol. The number of hydrogen-bond acceptors (Lipinski definition) is 2. The van der Waals surface area contributed by atoms with Gasteiger partial charge in [-0.25, -0.2) is 0 Å². The number of aliphatic hydroxyl groups excluding tert-OH is 2. The lowest BCUT2D eigenvalue weighted by Gasteiger charge is -1.86. The Morgan fingerprint density at radius 3 is 1.50 bits per heavy atom. The van der Waals surface area contributed by atoms with Gasteiger partial charge in [-0.3, -0.25) is 0 Å². The van der Waals surface area contributed by atoms with Crippen molar-refractivity contribution in [3.05, 3.63) is 11.1 Å². The minimum absolute atomic E-state index is 0.0463. The van der Waals surface area contributed by atoms with Crippen LogP contribution in [0.4, 0.5) is 0 Å². The van der Waals surface area contributed by atoms with E-state index in [-0.39, 0.29) is 11.1 Å². The highest BCUT2D eigenvalue weighted by Crippen LogP contribution is 1.99. The van der Waals surface area contributed by atoms with Crippen molar-refractivity contribution in [2.24, 2.45) is 0 Å². The van der Waals surface area contributed by atoms with Crippen molar-refractivity contribution in [1.29, 1.82) is 0 Å². The number of allylic oxidation sites excluding steroid dienone is 2. The van der Waals surface area contributed by atoms with Crippen molar-refractivity contribution < 1.29 is 10.2 Å². The van der Waals surface area contributed by atoms with Gasteiger partial charge in [-0.1, -0.05) is 11.8 Å². The van der Waals surface area contributed by atoms with Gasteiger partial charge in [0.05, 0.1) is 5.57 Å². The van der Waals surface area contributed by atoms with Crippen LogP contribution in [0.2, 0.25) is 0 Å². The fraction of sp³-hybridized carbons (Fsp3) is 0. The Kier molecular flexibility index (Phi) is 4.29. The molecular formula is C10H4O2. The molecule has 0 bridgehead atoms. The topological polar surface area (TPSA) is 40.5 Å². The first-order chi connectivity index (χ1) is 5.79. The molecule has 2 N–H and O–H groups in total. The second kappa shape index (κ2) is 5.37. The van der Waals surface area contributed by atoms with E-state index < -0.39 is 0 Å². The molecule has 0 spiro atoms. The summed E-state index contributed by atoms with van der Waals surface area (Å²) in [5.74, 6) is 8.58. The molecule has 0 radical (unpaired) electrons. The van der Waals surface area contributed by atoms with Gasteiger partial charge in [-0.15, -0.1) is 12.8 Å². The van der Waals surface area contributed by atoms with Crippen LogP contribution in [0.5, 0.6) is 0 Å². The van der Waals surface area contributed by atoms with Crippen LogP contribution in [0.15, 0.2) is 11.1 Å². The van der Waals surface area contributed by atoms with E-state index in [9.17, 15) is 0 Å². The zero-order valence-corrected chi connectivity index (χ0v) is 6.05. The highest BCUT2D eigenvalue weighted by molar-refractivity contribution is 5.58. The molecule has 56 valence electrons. The van der Waals surface area contributed by atoms with Crippen molar-refractivity contribution in [3.8, 4) is 48.7 Å². The van der Waals surface area contributed by atoms with Gasteiger partial charge in [0.25, 0.3) is 0 Å². The standard InChI is InChI=1S/C10H4O2/c1-3-9(4-2)10(5-7-11)6-8-12/h1-2,11-12H. The molecule has 0 rings (SSSR count). The van der Waals surface area contributed by atoms with E-state index in [4.69, 9.17) is 23.1 Å². The smallest absolute Gasteiger partial charge is 0.113 e. The molecule has 0 atom stereocenters. The summed E-state index contributed by atoms with van der Waals surface area (Å²) in [5.41, 5.74) is 0.142. The lowest BCUT2D eigenvalue weighted by Crippen LogP contribution is -1.82. The molecule has 0 aromatic heterocycles. The van der Waals surface area contributed by atoms with Gasteiger partial charge >= 0.3 is 0 Å². The molecule has 0 aliphatic carbocycles. The maximum Gasteiger partial charge on any atom is 0.113 e. The third-order valence-corrected chi connectivity index (χ3v) is 0.900. The predicted octanol–water partition coefficient (Wildman–Crippen LogP) is 0.216. The monoisotopic (exact) mass is 156 g/mol. The first kappa shape index (κ1) is 9.58. The summed E-state index contributed by atoms with van der Waals surface area (Å²) in [4.78, 5) is 0. The number of hydrogen-bond donors (Lipinski definition) is 2. The highest BCUT2D eigenvalue weighted by Gasteiger charge is 1.94. The van der Waals surface area contributed by atoms with E-state index in [1.165, 1.54) is 0 Å². The van der Waals surface area contributed by atoms with Crippen molar-refractivity contribution in [1.82, 2.24) is 0 Å². The van der Waals surface area contributed by atoms with Crippen LogP contribution in [0.3, 0.4) is 0 Å². The van der Waals surface area contributed by atoms with E-state index in [0.717, 1.165) is 0 Å². The minimum atomic E-state index is 0.0463. The van der Waals surface area contributed by atoms with Gasteiger partial charge in [0, 0.05) is 0 Å². The van der Waals surface area contributed by atoms with Crippen molar-refractivity contribution >= 4 is 0 Å². The molecule has 0 saturated heterocycles. The Balaban J connectivity index is 5.31. The average molecular weight is 156 g/mol. The summed E-state index contributed by atoms with van der Waals surface area (Å²) in [7, 11) is 0. The molecule has 0 unspecified atom stereocenters. The number of rotatable bonds is 0. The van der Waals surface area contributed by atoms with Crippen LogP contribution >= 0.6 is 0 Å². The molecular weight excluding hydrogens is 152 g/mol. The summed E-state index contributed by atoms with van der Waals surface area (Å²) in [5, 5.41) is 16.4. The molecule has 12 heavy (non-hydrogen) atoms. The molecule has 0 fully saturated rings. The van der Waals surface area contributed by atoms with Gasteiger partial charge < -0.3 is 10.2 Å². The lowest BCUT2D eigenvalue weighted by atomic mass is 10.1. The third-order valence-electron chi connectivity index (χ3n) is 0.900. The van der Waals surface area contributed by atoms with Gasteiger partial charge in [-0.2, -0.15) is 0 Å². The van der Waals surface area contributed by atoms with Crippen molar-refractivity contribution in [2.75, 3.05) is 0 Å². The zero-order chi connectivity index (χ0) is 9.40. The molecule has 0 amide bonds. The van der Waals surface area contributed by atoms with E-state index in [1.807, 2.05) is 0 Å². The van der Waals surface area contributed by atoms with E-state index in [1.54, 1.807) is 12.2 Å². The normalized spacial score (nSPS) is 5.50. The minimum Gasteiger partial charge on any atom is -0.462 e. The van der Waals surface area contributed by atoms with Crippen LogP contribution in [0, 0.1) is 48.7 Å². The van der Waals surface area contributed by atoms with Crippen LogP contribution in [0.1, 0.15) is 0 Å². The zero-order valence-electron chi connectivity index (χ0n) is 6.05. The summed E-state index contributed by atoms with van der Waals surface area (Å²) in [6, 6.07) is 0. The summed E-state index contributed by atoms with van der Waals surface area (Å²) in [6.07, 6.45) is 13.2. The highest BCUT2D eigenvalue weighted by atomic mass is 16.2. The Bertz CT molecular complexity index is 354. The first-order valence-corrected chi connectivity index (χ1v) is 2.77. The Labute approximate surface area is 70.9 Å². The maximum absolute atomic E-state index is 8.22. The Hall–Kier alpha value is -2.42. The van der Waals surface area contributed by atoms with Gasteiger partial charge in [0.2, 0.25) is 0 Å². The Morgan fingerprint density at radius 2 is 1.25 bits per heavy atom. The van der Waals surface area contributed by atoms with Crippen LogP contribution in [0.25, 0.3) is 0 Å². The van der Waals surface area contributed by atoms with Crippen LogP contribution in [-0.2, 0) is 0 Å². The van der Waals surface area contributed by atoms with Crippen LogP contribution < -0.4 is 0 Å². The lowest BCUT2D eigenvalue weighted by molar-refractivity contribution is 0.516. The average Bonchev–Trinajstić information content (AvgIpc) is 2.07. The maximum atomic E-state index is 8.22. The first-order valence-electron chi connectivity index (χ1n) is 2.77. The third kappa shape index (κ3) is 2.45. The molecule has 0 aliphatic rings. The molecule has 0 saturated carbocycles. The second-order valence-corrected chi connectivity index (χ2v) is 1.51. The molecule has 2 heteroatoms. The molecule has 2 nitrogen and oxygen atoms in total. The molecule has 0 aromatic rings. The van der Waals surface area contributed by atoms with Crippen LogP contribution in [-0.4, -0.2) is 10.2 Å². The quantitative estimate of drug-likeness (QED) is 0.492. The fourth-order valence-corrected chi connectivity index (χ4v) is 0.454. The van der Waals surface area contributed by atoms with E-state index >= 15 is 0 Å². The molecule has 0 heterocycles. The fourth-order valence-electron chi connectivity index (χ4n) is 0.454. The van der Waals surface area contributed by atoms with E-state index in [0.29, 0.717) is 0 Å². The van der Waals surface area contributed by atoms with Gasteiger partial charge in [-0.05, 0) is 11.8 Å². The van der Waals surface area contributed by atoms with Crippen molar-refractivity contribution in [2.45, 2.75) is 0 Å². The largest absolute Gasteiger partial charge is 0.462 e. The summed E-state index contributed by atoms with van der Waals surface area (Å²) < 4.78 is 0. The van der Waals surface area contributed by atoms with Gasteiger partial charge in [0.15, 0.2) is 0 Å².